The molecule has 118 valence electrons. The van der Waals surface area contributed by atoms with Crippen molar-refractivity contribution in [2.24, 2.45) is 5.92 Å². The second kappa shape index (κ2) is 5.62. The normalized spacial score (nSPS) is 15.0. The lowest BCUT2D eigenvalue weighted by atomic mass is 10.2. The van der Waals surface area contributed by atoms with Crippen molar-refractivity contribution < 1.29 is 13.6 Å². The molecular weight excluding hydrogens is 290 g/mol. The van der Waals surface area contributed by atoms with Gasteiger partial charge in [-0.15, -0.1) is 0 Å². The molecule has 2 aromatic heterocycles. The number of alkyl halides is 2. The van der Waals surface area contributed by atoms with Crippen LogP contribution in [0.1, 0.15) is 60.9 Å². The predicted molar refractivity (Wildman–Crippen MR) is 77.1 cm³/mol. The van der Waals surface area contributed by atoms with Gasteiger partial charge in [0, 0.05) is 24.2 Å². The lowest BCUT2D eigenvalue weighted by Gasteiger charge is -2.06. The third-order valence-corrected chi connectivity index (χ3v) is 3.60. The summed E-state index contributed by atoms with van der Waals surface area (Å²) in [6, 6.07) is 2.87. The molecule has 1 fully saturated rings. The third-order valence-electron chi connectivity index (χ3n) is 3.60. The average Bonchev–Trinajstić information content (AvgIpc) is 3.22. The van der Waals surface area contributed by atoms with Gasteiger partial charge in [0.1, 0.15) is 5.69 Å². The zero-order valence-electron chi connectivity index (χ0n) is 12.5. The van der Waals surface area contributed by atoms with E-state index in [9.17, 15) is 13.6 Å². The molecule has 0 spiro atoms. The first-order chi connectivity index (χ1) is 10.5. The number of nitrogens with zero attached hydrogens (tertiary/aromatic N) is 3. The fourth-order valence-electron chi connectivity index (χ4n) is 2.26. The fourth-order valence-corrected chi connectivity index (χ4v) is 2.26. The summed E-state index contributed by atoms with van der Waals surface area (Å²) >= 11 is 0. The van der Waals surface area contributed by atoms with Crippen LogP contribution < -0.4 is 5.32 Å². The molecule has 22 heavy (non-hydrogen) atoms. The summed E-state index contributed by atoms with van der Waals surface area (Å²) in [4.78, 5) is 16.4. The van der Waals surface area contributed by atoms with E-state index in [-0.39, 0.29) is 23.2 Å². The van der Waals surface area contributed by atoms with Gasteiger partial charge in [-0.1, -0.05) is 13.8 Å². The number of rotatable bonds is 5. The van der Waals surface area contributed by atoms with Gasteiger partial charge in [0.2, 0.25) is 0 Å². The van der Waals surface area contributed by atoms with E-state index >= 15 is 0 Å². The number of carbonyl (C=O) groups excluding carboxylic acids is 1. The second-order valence-corrected chi connectivity index (χ2v) is 6.08. The predicted octanol–water partition coefficient (Wildman–Crippen LogP) is 2.93. The zero-order valence-corrected chi connectivity index (χ0v) is 12.5. The lowest BCUT2D eigenvalue weighted by Crippen LogP contribution is -2.27. The maximum Gasteiger partial charge on any atom is 0.280 e. The second-order valence-electron chi connectivity index (χ2n) is 6.08. The lowest BCUT2D eigenvalue weighted by molar-refractivity contribution is 0.0942. The number of amides is 1. The van der Waals surface area contributed by atoms with Gasteiger partial charge in [-0.2, -0.15) is 5.10 Å². The molecule has 1 aliphatic carbocycles. The molecule has 7 heteroatoms. The highest BCUT2D eigenvalue weighted by molar-refractivity contribution is 5.93. The Kier molecular flexibility index (Phi) is 3.80. The number of aromatic nitrogens is 3. The quantitative estimate of drug-likeness (QED) is 0.924. The van der Waals surface area contributed by atoms with E-state index in [0.29, 0.717) is 23.8 Å². The number of carbonyl (C=O) groups is 1. The fraction of sp³-hybridized carbons (Fsp3) is 0.533. The Morgan fingerprint density at radius 3 is 2.73 bits per heavy atom. The Bertz CT molecular complexity index is 707. The number of hydrogen-bond donors (Lipinski definition) is 1. The molecule has 1 amide bonds. The van der Waals surface area contributed by atoms with Crippen molar-refractivity contribution >= 4 is 11.6 Å². The van der Waals surface area contributed by atoms with E-state index < -0.39 is 6.43 Å². The molecule has 5 nitrogen and oxygen atoms in total. The summed E-state index contributed by atoms with van der Waals surface area (Å²) in [5, 5.41) is 6.72. The summed E-state index contributed by atoms with van der Waals surface area (Å²) in [5.74, 6) is 0.195. The number of halogens is 2. The maximum atomic E-state index is 13.2. The average molecular weight is 308 g/mol. The molecule has 1 aliphatic rings. The van der Waals surface area contributed by atoms with Crippen LogP contribution in [0.4, 0.5) is 8.78 Å². The van der Waals surface area contributed by atoms with Crippen molar-refractivity contribution in [2.45, 2.75) is 39.0 Å². The highest BCUT2D eigenvalue weighted by atomic mass is 19.3. The molecule has 2 aromatic rings. The van der Waals surface area contributed by atoms with Crippen LogP contribution in [0, 0.1) is 5.92 Å². The Balaban J connectivity index is 1.97. The van der Waals surface area contributed by atoms with Gasteiger partial charge in [0.25, 0.3) is 12.3 Å². The van der Waals surface area contributed by atoms with E-state index in [2.05, 4.69) is 15.4 Å². The Morgan fingerprint density at radius 2 is 2.14 bits per heavy atom. The van der Waals surface area contributed by atoms with Crippen molar-refractivity contribution in [1.82, 2.24) is 19.9 Å². The Hall–Kier alpha value is -2.05. The standard InChI is InChI=1S/C15H18F2N4O/c1-8(2)7-18-15(22)11-6-13-19-10(9-3-4-9)5-12(14(16)17)21(13)20-11/h5-6,8-9,14H,3-4,7H2,1-2H3,(H,18,22). The van der Waals surface area contributed by atoms with E-state index in [0.717, 1.165) is 17.4 Å². The van der Waals surface area contributed by atoms with E-state index in [1.165, 1.54) is 12.1 Å². The van der Waals surface area contributed by atoms with Gasteiger partial charge in [-0.25, -0.2) is 18.3 Å². The molecule has 0 bridgehead atoms. The van der Waals surface area contributed by atoms with Gasteiger partial charge in [-0.3, -0.25) is 4.79 Å². The molecule has 1 saturated carbocycles. The summed E-state index contributed by atoms with van der Waals surface area (Å²) in [6.07, 6.45) is -0.710. The molecule has 0 radical (unpaired) electrons. The SMILES string of the molecule is CC(C)CNC(=O)c1cc2nc(C3CC3)cc(C(F)F)n2n1. The maximum absolute atomic E-state index is 13.2. The summed E-state index contributed by atoms with van der Waals surface area (Å²) in [6.45, 7) is 4.46. The van der Waals surface area contributed by atoms with Crippen LogP contribution >= 0.6 is 0 Å². The number of fused-ring (bicyclic) bond motifs is 1. The molecular formula is C15H18F2N4O. The number of nitrogens with one attached hydrogen (secondary N) is 1. The van der Waals surface area contributed by atoms with Crippen LogP contribution in [0.3, 0.4) is 0 Å². The van der Waals surface area contributed by atoms with Crippen molar-refractivity contribution in [1.29, 1.82) is 0 Å². The van der Waals surface area contributed by atoms with Gasteiger partial charge >= 0.3 is 0 Å². The first-order valence-corrected chi connectivity index (χ1v) is 7.42. The van der Waals surface area contributed by atoms with Crippen molar-refractivity contribution in [3.05, 3.63) is 29.2 Å². The molecule has 0 atom stereocenters. The van der Waals surface area contributed by atoms with Crippen molar-refractivity contribution in [3.8, 4) is 0 Å². The van der Waals surface area contributed by atoms with Crippen LogP contribution in [-0.2, 0) is 0 Å². The van der Waals surface area contributed by atoms with Gasteiger partial charge in [0.05, 0.1) is 0 Å². The summed E-state index contributed by atoms with van der Waals surface area (Å²) < 4.78 is 27.5. The topological polar surface area (TPSA) is 59.3 Å². The van der Waals surface area contributed by atoms with Crippen molar-refractivity contribution in [2.75, 3.05) is 6.54 Å². The van der Waals surface area contributed by atoms with E-state index in [1.807, 2.05) is 13.8 Å². The molecule has 1 N–H and O–H groups in total. The van der Waals surface area contributed by atoms with E-state index in [1.54, 1.807) is 0 Å². The molecule has 0 aromatic carbocycles. The minimum atomic E-state index is -2.66. The van der Waals surface area contributed by atoms with Gasteiger partial charge < -0.3 is 5.32 Å². The molecule has 2 heterocycles. The molecule has 0 saturated heterocycles. The largest absolute Gasteiger partial charge is 0.350 e. The summed E-state index contributed by atoms with van der Waals surface area (Å²) in [5.41, 5.74) is 0.865. The molecule has 0 aliphatic heterocycles. The highest BCUT2D eigenvalue weighted by Crippen LogP contribution is 2.40. The first-order valence-electron chi connectivity index (χ1n) is 7.42. The third kappa shape index (κ3) is 2.93. The highest BCUT2D eigenvalue weighted by Gasteiger charge is 2.28. The van der Waals surface area contributed by atoms with Crippen LogP contribution in [0.5, 0.6) is 0 Å². The smallest absolute Gasteiger partial charge is 0.280 e. The van der Waals surface area contributed by atoms with Crippen molar-refractivity contribution in [3.63, 3.8) is 0 Å². The van der Waals surface area contributed by atoms with Gasteiger partial charge in [-0.05, 0) is 24.8 Å². The minimum Gasteiger partial charge on any atom is -0.350 e. The van der Waals surface area contributed by atoms with Crippen LogP contribution in [0.25, 0.3) is 5.65 Å². The minimum absolute atomic E-state index is 0.114. The van der Waals surface area contributed by atoms with Gasteiger partial charge in [0.15, 0.2) is 11.3 Å². The van der Waals surface area contributed by atoms with Crippen LogP contribution in [0.15, 0.2) is 12.1 Å². The number of hydrogen-bond acceptors (Lipinski definition) is 3. The Labute approximate surface area is 126 Å². The molecule has 3 rings (SSSR count). The zero-order chi connectivity index (χ0) is 15.9. The Morgan fingerprint density at radius 1 is 1.41 bits per heavy atom. The molecule has 0 unspecified atom stereocenters. The van der Waals surface area contributed by atoms with E-state index in [4.69, 9.17) is 0 Å². The van der Waals surface area contributed by atoms with Crippen LogP contribution in [0.2, 0.25) is 0 Å². The first kappa shape index (κ1) is 14.9. The monoisotopic (exact) mass is 308 g/mol. The van der Waals surface area contributed by atoms with Crippen LogP contribution in [-0.4, -0.2) is 27.0 Å². The summed E-state index contributed by atoms with van der Waals surface area (Å²) in [7, 11) is 0.